The normalized spacial score (nSPS) is 13.5. The van der Waals surface area contributed by atoms with E-state index in [-0.39, 0.29) is 17.8 Å². The Hall–Kier alpha value is -2.70. The van der Waals surface area contributed by atoms with Gasteiger partial charge in [-0.25, -0.2) is 4.79 Å². The molecule has 1 heterocycles. The number of aromatic nitrogens is 2. The highest BCUT2D eigenvalue weighted by atomic mass is 16.5. The van der Waals surface area contributed by atoms with Crippen molar-refractivity contribution >= 4 is 11.7 Å². The van der Waals surface area contributed by atoms with E-state index in [0.717, 1.165) is 48.4 Å². The van der Waals surface area contributed by atoms with E-state index in [1.54, 1.807) is 12.1 Å². The first-order valence-electron chi connectivity index (χ1n) is 9.42. The van der Waals surface area contributed by atoms with Crippen LogP contribution in [0.1, 0.15) is 43.1 Å². The molecule has 0 bridgehead atoms. The van der Waals surface area contributed by atoms with E-state index >= 15 is 0 Å². The Kier molecular flexibility index (Phi) is 5.58. The molecule has 7 heteroatoms. The summed E-state index contributed by atoms with van der Waals surface area (Å²) in [6.07, 6.45) is 3.01. The van der Waals surface area contributed by atoms with Crippen LogP contribution in [0.4, 0.5) is 10.5 Å². The number of anilines is 1. The van der Waals surface area contributed by atoms with Gasteiger partial charge in [-0.3, -0.25) is 4.68 Å². The number of nitrogens with zero attached hydrogens (tertiary/aromatic N) is 3. The van der Waals surface area contributed by atoms with Crippen LogP contribution in [0.2, 0.25) is 0 Å². The third-order valence-electron chi connectivity index (χ3n) is 4.89. The zero-order valence-electron chi connectivity index (χ0n) is 16.5. The Morgan fingerprint density at radius 1 is 1.41 bits per heavy atom. The summed E-state index contributed by atoms with van der Waals surface area (Å²) in [4.78, 5) is 14.8. The fourth-order valence-electron chi connectivity index (χ4n) is 3.26. The molecule has 27 heavy (non-hydrogen) atoms. The van der Waals surface area contributed by atoms with Crippen LogP contribution in [0.15, 0.2) is 18.2 Å². The number of aryl methyl sites for hydroxylation is 2. The monoisotopic (exact) mass is 372 g/mol. The SMILES string of the molecule is CCCn1nc(C)c(NC(=O)N(Cc2ccc(O)c(OC)c2)C2CC2)c1C. The third kappa shape index (κ3) is 4.18. The average molecular weight is 372 g/mol. The van der Waals surface area contributed by atoms with Gasteiger partial charge in [0, 0.05) is 19.1 Å². The highest BCUT2D eigenvalue weighted by Crippen LogP contribution is 2.32. The zero-order chi connectivity index (χ0) is 19.6. The van der Waals surface area contributed by atoms with Gasteiger partial charge in [0.15, 0.2) is 11.5 Å². The number of carbonyl (C=O) groups is 1. The minimum atomic E-state index is -0.119. The number of phenols is 1. The molecule has 1 aliphatic carbocycles. The number of phenolic OH excluding ortho intramolecular Hbond substituents is 1. The van der Waals surface area contributed by atoms with E-state index in [2.05, 4.69) is 17.3 Å². The topological polar surface area (TPSA) is 79.6 Å². The molecule has 1 aromatic heterocycles. The maximum Gasteiger partial charge on any atom is 0.322 e. The molecular formula is C20H28N4O3. The van der Waals surface area contributed by atoms with Crippen molar-refractivity contribution in [2.45, 2.75) is 59.2 Å². The minimum Gasteiger partial charge on any atom is -0.504 e. The number of carbonyl (C=O) groups excluding carboxylic acids is 1. The van der Waals surface area contributed by atoms with Crippen molar-refractivity contribution in [2.75, 3.05) is 12.4 Å². The van der Waals surface area contributed by atoms with Gasteiger partial charge in [-0.15, -0.1) is 0 Å². The number of rotatable bonds is 7. The molecule has 1 fully saturated rings. The van der Waals surface area contributed by atoms with E-state index in [4.69, 9.17) is 4.74 Å². The lowest BCUT2D eigenvalue weighted by Gasteiger charge is -2.23. The maximum atomic E-state index is 13.0. The lowest BCUT2D eigenvalue weighted by Crippen LogP contribution is -2.36. The number of hydrogen-bond donors (Lipinski definition) is 2. The number of benzene rings is 1. The highest BCUT2D eigenvalue weighted by Gasteiger charge is 2.33. The first kappa shape index (κ1) is 19.1. The molecule has 1 aromatic carbocycles. The number of nitrogens with one attached hydrogen (secondary N) is 1. The Bertz CT molecular complexity index is 827. The highest BCUT2D eigenvalue weighted by molar-refractivity contribution is 5.91. The van der Waals surface area contributed by atoms with Gasteiger partial charge >= 0.3 is 6.03 Å². The van der Waals surface area contributed by atoms with Crippen LogP contribution < -0.4 is 10.1 Å². The average Bonchev–Trinajstić information content (AvgIpc) is 3.45. The molecule has 0 saturated heterocycles. The number of urea groups is 1. The number of hydrogen-bond acceptors (Lipinski definition) is 4. The fourth-order valence-corrected chi connectivity index (χ4v) is 3.26. The lowest BCUT2D eigenvalue weighted by molar-refractivity contribution is 0.206. The van der Waals surface area contributed by atoms with E-state index < -0.39 is 0 Å². The van der Waals surface area contributed by atoms with Crippen LogP contribution in [0.3, 0.4) is 0 Å². The van der Waals surface area contributed by atoms with Gasteiger partial charge < -0.3 is 20.1 Å². The van der Waals surface area contributed by atoms with Gasteiger partial charge in [-0.05, 0) is 50.8 Å². The van der Waals surface area contributed by atoms with Gasteiger partial charge in [0.05, 0.1) is 24.2 Å². The minimum absolute atomic E-state index is 0.0956. The number of ether oxygens (including phenoxy) is 1. The number of amides is 2. The van der Waals surface area contributed by atoms with Gasteiger partial charge in [0.25, 0.3) is 0 Å². The van der Waals surface area contributed by atoms with Crippen molar-refractivity contribution in [3.63, 3.8) is 0 Å². The number of aromatic hydroxyl groups is 1. The molecule has 1 saturated carbocycles. The molecule has 3 rings (SSSR count). The second-order valence-electron chi connectivity index (χ2n) is 7.06. The summed E-state index contributed by atoms with van der Waals surface area (Å²) in [5.74, 6) is 0.509. The van der Waals surface area contributed by atoms with Crippen LogP contribution >= 0.6 is 0 Å². The molecule has 7 nitrogen and oxygen atoms in total. The van der Waals surface area contributed by atoms with Crippen molar-refractivity contribution in [3.05, 3.63) is 35.2 Å². The van der Waals surface area contributed by atoms with Gasteiger partial charge in [0.1, 0.15) is 0 Å². The molecule has 2 aromatic rings. The van der Waals surface area contributed by atoms with Crippen LogP contribution in [0.25, 0.3) is 0 Å². The molecule has 0 spiro atoms. The van der Waals surface area contributed by atoms with Crippen molar-refractivity contribution in [3.8, 4) is 11.5 Å². The quantitative estimate of drug-likeness (QED) is 0.774. The first-order chi connectivity index (χ1) is 12.9. The lowest BCUT2D eigenvalue weighted by atomic mass is 10.2. The fraction of sp³-hybridized carbons (Fsp3) is 0.500. The molecule has 0 radical (unpaired) electrons. The second-order valence-corrected chi connectivity index (χ2v) is 7.06. The van der Waals surface area contributed by atoms with Crippen molar-refractivity contribution in [1.29, 1.82) is 0 Å². The molecule has 0 unspecified atom stereocenters. The van der Waals surface area contributed by atoms with E-state index in [0.29, 0.717) is 12.3 Å². The molecule has 146 valence electrons. The standard InChI is InChI=1S/C20H28N4O3/c1-5-10-24-14(3)19(13(2)22-24)21-20(26)23(16-7-8-16)12-15-6-9-17(25)18(11-15)27-4/h6,9,11,16,25H,5,7-8,10,12H2,1-4H3,(H,21,26). The summed E-state index contributed by atoms with van der Waals surface area (Å²) in [5.41, 5.74) is 3.52. The summed E-state index contributed by atoms with van der Waals surface area (Å²) in [6.45, 7) is 7.31. The molecule has 0 aliphatic heterocycles. The predicted octanol–water partition coefficient (Wildman–Crippen LogP) is 3.82. The van der Waals surface area contributed by atoms with Crippen molar-refractivity contribution < 1.29 is 14.6 Å². The van der Waals surface area contributed by atoms with Gasteiger partial charge in [-0.2, -0.15) is 5.10 Å². The number of methoxy groups -OCH3 is 1. The second kappa shape index (κ2) is 7.90. The molecule has 0 atom stereocenters. The van der Waals surface area contributed by atoms with Crippen molar-refractivity contribution in [1.82, 2.24) is 14.7 Å². The Morgan fingerprint density at radius 3 is 2.78 bits per heavy atom. The molecule has 2 N–H and O–H groups in total. The van der Waals surface area contributed by atoms with Gasteiger partial charge in [-0.1, -0.05) is 13.0 Å². The summed E-state index contributed by atoms with van der Waals surface area (Å²) in [6, 6.07) is 5.31. The molecular weight excluding hydrogens is 344 g/mol. The third-order valence-corrected chi connectivity index (χ3v) is 4.89. The maximum absolute atomic E-state index is 13.0. The van der Waals surface area contributed by atoms with E-state index in [1.165, 1.54) is 7.11 Å². The summed E-state index contributed by atoms with van der Waals surface area (Å²) < 4.78 is 7.12. The van der Waals surface area contributed by atoms with Crippen LogP contribution in [-0.2, 0) is 13.1 Å². The van der Waals surface area contributed by atoms with Crippen LogP contribution in [0, 0.1) is 13.8 Å². The zero-order valence-corrected chi connectivity index (χ0v) is 16.5. The molecule has 2 amide bonds. The molecule has 1 aliphatic rings. The largest absolute Gasteiger partial charge is 0.504 e. The summed E-state index contributed by atoms with van der Waals surface area (Å²) in [7, 11) is 1.52. The van der Waals surface area contributed by atoms with E-state index in [1.807, 2.05) is 29.5 Å². The van der Waals surface area contributed by atoms with Crippen LogP contribution in [-0.4, -0.2) is 39.0 Å². The Balaban J connectivity index is 1.77. The Morgan fingerprint density at radius 2 is 2.15 bits per heavy atom. The first-order valence-corrected chi connectivity index (χ1v) is 9.42. The van der Waals surface area contributed by atoms with E-state index in [9.17, 15) is 9.90 Å². The summed E-state index contributed by atoms with van der Waals surface area (Å²) >= 11 is 0. The smallest absolute Gasteiger partial charge is 0.322 e. The summed E-state index contributed by atoms with van der Waals surface area (Å²) in [5, 5.41) is 17.4. The Labute approximate surface area is 159 Å². The van der Waals surface area contributed by atoms with Crippen molar-refractivity contribution in [2.24, 2.45) is 0 Å². The van der Waals surface area contributed by atoms with Crippen LogP contribution in [0.5, 0.6) is 11.5 Å². The van der Waals surface area contributed by atoms with Gasteiger partial charge in [0.2, 0.25) is 0 Å². The predicted molar refractivity (Wildman–Crippen MR) is 104 cm³/mol.